The van der Waals surface area contributed by atoms with Crippen molar-refractivity contribution in [2.75, 3.05) is 0 Å². The summed E-state index contributed by atoms with van der Waals surface area (Å²) in [6.45, 7) is 10.9. The molecule has 1 heterocycles. The second-order valence-electron chi connectivity index (χ2n) is 7.56. The van der Waals surface area contributed by atoms with Crippen molar-refractivity contribution in [1.29, 1.82) is 5.26 Å². The van der Waals surface area contributed by atoms with Crippen molar-refractivity contribution in [3.8, 4) is 6.07 Å². The van der Waals surface area contributed by atoms with Gasteiger partial charge in [-0.25, -0.2) is 0 Å². The highest BCUT2D eigenvalue weighted by atomic mass is 35.5. The smallest absolute Gasteiger partial charge is 0.191 e. The number of nitriles is 1. The van der Waals surface area contributed by atoms with Gasteiger partial charge in [-0.05, 0) is 86.2 Å². The van der Waals surface area contributed by atoms with Crippen LogP contribution in [-0.4, -0.2) is 14.8 Å². The minimum Gasteiger partial charge on any atom is -0.305 e. The number of halogens is 2. The molecule has 0 N–H and O–H groups in total. The Balaban J connectivity index is 1.93. The lowest BCUT2D eigenvalue weighted by Crippen LogP contribution is -2.03. The van der Waals surface area contributed by atoms with Gasteiger partial charge in [0.1, 0.15) is 6.07 Å². The van der Waals surface area contributed by atoms with E-state index in [1.165, 1.54) is 33.4 Å². The van der Waals surface area contributed by atoms with E-state index in [9.17, 15) is 5.26 Å². The van der Waals surface area contributed by atoms with Gasteiger partial charge in [0, 0.05) is 28.4 Å². The van der Waals surface area contributed by atoms with E-state index in [1.54, 1.807) is 36.0 Å². The topological polar surface area (TPSA) is 54.5 Å². The van der Waals surface area contributed by atoms with Crippen molar-refractivity contribution in [2.45, 2.75) is 45.5 Å². The molecule has 31 heavy (non-hydrogen) atoms. The van der Waals surface area contributed by atoms with Crippen LogP contribution in [-0.2, 0) is 12.8 Å². The third-order valence-electron chi connectivity index (χ3n) is 5.99. The molecule has 1 aromatic heterocycles. The summed E-state index contributed by atoms with van der Waals surface area (Å²) in [5, 5.41) is 20.0. The molecule has 0 saturated carbocycles. The predicted molar refractivity (Wildman–Crippen MR) is 131 cm³/mol. The maximum absolute atomic E-state index is 9.73. The van der Waals surface area contributed by atoms with Gasteiger partial charge in [0.05, 0.1) is 5.57 Å². The van der Waals surface area contributed by atoms with Gasteiger partial charge in [-0.15, -0.1) is 10.2 Å². The second kappa shape index (κ2) is 9.48. The molecule has 4 nitrogen and oxygen atoms in total. The van der Waals surface area contributed by atoms with Gasteiger partial charge < -0.3 is 4.57 Å². The quantitative estimate of drug-likeness (QED) is 0.296. The molecular weight excluding hydrogens is 447 g/mol. The predicted octanol–water partition coefficient (Wildman–Crippen LogP) is 7.02. The Hall–Kier alpha value is -2.26. The Labute approximate surface area is 197 Å². The molecule has 2 aromatic carbocycles. The first-order valence-electron chi connectivity index (χ1n) is 9.81. The zero-order chi connectivity index (χ0) is 22.9. The molecule has 0 aliphatic rings. The third kappa shape index (κ3) is 4.52. The fourth-order valence-electron chi connectivity index (χ4n) is 3.55. The molecule has 160 valence electrons. The van der Waals surface area contributed by atoms with Gasteiger partial charge in [0.15, 0.2) is 11.0 Å². The first-order valence-corrected chi connectivity index (χ1v) is 11.6. The number of allylic oxidation sites excluding steroid dienone is 1. The molecule has 0 unspecified atom stereocenters. The zero-order valence-corrected chi connectivity index (χ0v) is 20.8. The van der Waals surface area contributed by atoms with Gasteiger partial charge >= 0.3 is 0 Å². The fraction of sp³-hybridized carbons (Fsp3) is 0.292. The van der Waals surface area contributed by atoms with Gasteiger partial charge in [-0.3, -0.25) is 0 Å². The van der Waals surface area contributed by atoms with Crippen LogP contribution in [0.25, 0.3) is 11.6 Å². The SMILES string of the molecule is Cc1c(C)c(C)c(CSc2nnc(C(C#N)=Cc3c(Cl)cccc3Cl)n2C)c(C)c1C. The molecule has 0 saturated heterocycles. The molecule has 7 heteroatoms. The number of thioether (sulfide) groups is 1. The first-order chi connectivity index (χ1) is 14.7. The van der Waals surface area contributed by atoms with Crippen LogP contribution in [0.15, 0.2) is 23.4 Å². The van der Waals surface area contributed by atoms with Gasteiger partial charge in [0.2, 0.25) is 0 Å². The number of hydrogen-bond acceptors (Lipinski definition) is 4. The molecule has 0 atom stereocenters. The van der Waals surface area contributed by atoms with E-state index in [4.69, 9.17) is 23.2 Å². The molecule has 0 amide bonds. The molecular formula is C24H24Cl2N4S. The molecule has 0 fully saturated rings. The summed E-state index contributed by atoms with van der Waals surface area (Å²) in [5.74, 6) is 1.26. The first kappa shape index (κ1) is 23.4. The fourth-order valence-corrected chi connectivity index (χ4v) is 5.14. The van der Waals surface area contributed by atoms with E-state index in [0.29, 0.717) is 27.0 Å². The molecule has 0 aliphatic carbocycles. The number of rotatable bonds is 5. The lowest BCUT2D eigenvalue weighted by Gasteiger charge is -2.18. The number of benzene rings is 2. The monoisotopic (exact) mass is 470 g/mol. The van der Waals surface area contributed by atoms with Crippen molar-refractivity contribution >= 4 is 46.6 Å². The Morgan fingerprint density at radius 2 is 1.55 bits per heavy atom. The largest absolute Gasteiger partial charge is 0.305 e. The van der Waals surface area contributed by atoms with Crippen LogP contribution in [0.4, 0.5) is 0 Å². The normalized spacial score (nSPS) is 11.6. The van der Waals surface area contributed by atoms with Crippen LogP contribution >= 0.6 is 35.0 Å². The lowest BCUT2D eigenvalue weighted by molar-refractivity contribution is 0.780. The number of aromatic nitrogens is 3. The van der Waals surface area contributed by atoms with Gasteiger partial charge in [-0.2, -0.15) is 5.26 Å². The Morgan fingerprint density at radius 1 is 1.00 bits per heavy atom. The summed E-state index contributed by atoms with van der Waals surface area (Å²) < 4.78 is 1.84. The standard InChI is InChI=1S/C24H24Cl2N4S/c1-13-14(2)16(4)20(17(5)15(13)3)12-31-24-29-28-23(30(24)6)18(11-27)10-19-21(25)8-7-9-22(19)26/h7-10H,12H2,1-6H3. The van der Waals surface area contributed by atoms with Crippen LogP contribution in [0.3, 0.4) is 0 Å². The van der Waals surface area contributed by atoms with Gasteiger partial charge in [-0.1, -0.05) is 41.0 Å². The average Bonchev–Trinajstić information content (AvgIpc) is 3.11. The summed E-state index contributed by atoms with van der Waals surface area (Å²) in [4.78, 5) is 0. The van der Waals surface area contributed by atoms with Crippen LogP contribution < -0.4 is 0 Å². The average molecular weight is 471 g/mol. The lowest BCUT2D eigenvalue weighted by atomic mass is 9.90. The Bertz CT molecular complexity index is 1190. The minimum absolute atomic E-state index is 0.353. The summed E-state index contributed by atoms with van der Waals surface area (Å²) in [7, 11) is 1.86. The third-order valence-corrected chi connectivity index (χ3v) is 7.69. The maximum Gasteiger partial charge on any atom is 0.191 e. The van der Waals surface area contributed by atoms with Crippen LogP contribution in [0.5, 0.6) is 0 Å². The number of hydrogen-bond donors (Lipinski definition) is 0. The van der Waals surface area contributed by atoms with E-state index in [0.717, 1.165) is 10.9 Å². The van der Waals surface area contributed by atoms with Crippen molar-refractivity contribution in [3.05, 3.63) is 73.0 Å². The summed E-state index contributed by atoms with van der Waals surface area (Å²) >= 11 is 14.1. The Kier molecular flexibility index (Phi) is 7.16. The van der Waals surface area contributed by atoms with Crippen molar-refractivity contribution < 1.29 is 0 Å². The van der Waals surface area contributed by atoms with Crippen LogP contribution in [0, 0.1) is 45.9 Å². The van der Waals surface area contributed by atoms with Crippen molar-refractivity contribution in [1.82, 2.24) is 14.8 Å². The highest BCUT2D eigenvalue weighted by Crippen LogP contribution is 2.32. The molecule has 0 spiro atoms. The van der Waals surface area contributed by atoms with Crippen LogP contribution in [0.2, 0.25) is 10.0 Å². The van der Waals surface area contributed by atoms with Crippen molar-refractivity contribution in [2.24, 2.45) is 7.05 Å². The molecule has 0 aliphatic heterocycles. The summed E-state index contributed by atoms with van der Waals surface area (Å²) in [5.41, 5.74) is 8.94. The highest BCUT2D eigenvalue weighted by molar-refractivity contribution is 7.98. The molecule has 3 aromatic rings. The van der Waals surface area contributed by atoms with Crippen molar-refractivity contribution in [3.63, 3.8) is 0 Å². The van der Waals surface area contributed by atoms with Crippen LogP contribution in [0.1, 0.15) is 44.8 Å². The minimum atomic E-state index is 0.353. The zero-order valence-electron chi connectivity index (χ0n) is 18.5. The molecule has 0 bridgehead atoms. The Morgan fingerprint density at radius 3 is 2.10 bits per heavy atom. The summed E-state index contributed by atoms with van der Waals surface area (Å²) in [6.07, 6.45) is 1.66. The van der Waals surface area contributed by atoms with Gasteiger partial charge in [0.25, 0.3) is 0 Å². The van der Waals surface area contributed by atoms with E-state index in [1.807, 2.05) is 11.6 Å². The highest BCUT2D eigenvalue weighted by Gasteiger charge is 2.17. The van der Waals surface area contributed by atoms with E-state index < -0.39 is 0 Å². The number of nitrogens with zero attached hydrogens (tertiary/aromatic N) is 4. The van der Waals surface area contributed by atoms with E-state index in [2.05, 4.69) is 50.9 Å². The van der Waals surface area contributed by atoms with E-state index in [-0.39, 0.29) is 0 Å². The molecule has 0 radical (unpaired) electrons. The van der Waals surface area contributed by atoms with E-state index >= 15 is 0 Å². The second-order valence-corrected chi connectivity index (χ2v) is 9.32. The maximum atomic E-state index is 9.73. The molecule has 3 rings (SSSR count). The summed E-state index contributed by atoms with van der Waals surface area (Å²) in [6, 6.07) is 7.44.